The van der Waals surface area contributed by atoms with Gasteiger partial charge in [-0.05, 0) is 53.5 Å². The summed E-state index contributed by atoms with van der Waals surface area (Å²) < 4.78 is 0. The molecular weight excluding hydrogens is 234 g/mol. The topological polar surface area (TPSA) is 9.72 Å². The highest BCUT2D eigenvalue weighted by molar-refractivity contribution is 4.89. The average Bonchev–Trinajstić information content (AvgIpc) is 2.25. The molecule has 2 aliphatic rings. The molecule has 0 radical (unpaired) electrons. The number of likely N-dealkylation sites (tertiary alicyclic amines) is 1. The molecule has 0 bridgehead atoms. The second-order valence-electron chi connectivity index (χ2n) is 7.70. The van der Waals surface area contributed by atoms with Gasteiger partial charge in [-0.25, -0.2) is 0 Å². The van der Waals surface area contributed by atoms with Gasteiger partial charge in [0.25, 0.3) is 0 Å². The van der Waals surface area contributed by atoms with E-state index in [2.05, 4.69) is 49.3 Å². The number of piperazine rings is 1. The average molecular weight is 267 g/mol. The zero-order valence-electron chi connectivity index (χ0n) is 13.7. The van der Waals surface area contributed by atoms with Gasteiger partial charge in [0.1, 0.15) is 0 Å². The Hall–Kier alpha value is -0.120. The molecule has 2 rings (SSSR count). The van der Waals surface area contributed by atoms with Gasteiger partial charge in [0, 0.05) is 50.8 Å². The summed E-state index contributed by atoms with van der Waals surface area (Å²) in [5.74, 6) is 0.947. The third kappa shape index (κ3) is 4.17. The molecule has 0 aliphatic carbocycles. The van der Waals surface area contributed by atoms with E-state index in [0.717, 1.165) is 5.92 Å². The molecule has 2 aliphatic heterocycles. The Bertz CT molecular complexity index is 268. The van der Waals surface area contributed by atoms with Crippen molar-refractivity contribution >= 4 is 0 Å². The van der Waals surface area contributed by atoms with Gasteiger partial charge in [-0.15, -0.1) is 0 Å². The van der Waals surface area contributed by atoms with E-state index in [9.17, 15) is 0 Å². The van der Waals surface area contributed by atoms with E-state index >= 15 is 0 Å². The van der Waals surface area contributed by atoms with Gasteiger partial charge < -0.3 is 4.90 Å². The number of nitrogens with zero attached hydrogens (tertiary/aromatic N) is 3. The van der Waals surface area contributed by atoms with E-state index in [1.807, 2.05) is 0 Å². The largest absolute Gasteiger partial charge is 0.301 e. The van der Waals surface area contributed by atoms with E-state index in [1.54, 1.807) is 0 Å². The molecule has 0 saturated carbocycles. The third-order valence-electron chi connectivity index (χ3n) is 4.90. The summed E-state index contributed by atoms with van der Waals surface area (Å²) in [4.78, 5) is 7.87. The maximum Gasteiger partial charge on any atom is 0.0125 e. The highest BCUT2D eigenvalue weighted by Crippen LogP contribution is 2.27. The van der Waals surface area contributed by atoms with Crippen LogP contribution in [0.15, 0.2) is 0 Å². The summed E-state index contributed by atoms with van der Waals surface area (Å²) in [5.41, 5.74) is 0.374. The predicted molar refractivity (Wildman–Crippen MR) is 82.6 cm³/mol. The fourth-order valence-electron chi connectivity index (χ4n) is 3.17. The number of hydrogen-bond donors (Lipinski definition) is 0. The molecule has 0 amide bonds. The highest BCUT2D eigenvalue weighted by Gasteiger charge is 2.34. The Labute approximate surface area is 119 Å². The first-order valence-corrected chi connectivity index (χ1v) is 8.07. The standard InChI is InChI=1S/C16H33N3/c1-14(2)18-10-8-17(9-11-18)7-6-15-12-19(13-15)16(3,4)5/h14-15H,6-13H2,1-5H3. The Balaban J connectivity index is 1.59. The van der Waals surface area contributed by atoms with Crippen molar-refractivity contribution in [1.82, 2.24) is 14.7 Å². The van der Waals surface area contributed by atoms with Crippen LogP contribution in [-0.4, -0.2) is 72.1 Å². The second kappa shape index (κ2) is 6.11. The van der Waals surface area contributed by atoms with Crippen molar-refractivity contribution < 1.29 is 0 Å². The molecule has 0 N–H and O–H groups in total. The summed E-state index contributed by atoms with van der Waals surface area (Å²) in [5, 5.41) is 0. The van der Waals surface area contributed by atoms with Crippen LogP contribution in [0.5, 0.6) is 0 Å². The first kappa shape index (κ1) is 15.3. The van der Waals surface area contributed by atoms with E-state index in [4.69, 9.17) is 0 Å². The minimum Gasteiger partial charge on any atom is -0.301 e. The molecule has 112 valence electrons. The summed E-state index contributed by atoms with van der Waals surface area (Å²) in [6.07, 6.45) is 1.40. The van der Waals surface area contributed by atoms with E-state index in [-0.39, 0.29) is 0 Å². The maximum absolute atomic E-state index is 2.67. The number of hydrogen-bond acceptors (Lipinski definition) is 3. The van der Waals surface area contributed by atoms with E-state index in [1.165, 1.54) is 52.2 Å². The molecule has 0 atom stereocenters. The van der Waals surface area contributed by atoms with Crippen molar-refractivity contribution in [2.45, 2.75) is 52.6 Å². The minimum atomic E-state index is 0.374. The molecule has 0 unspecified atom stereocenters. The minimum absolute atomic E-state index is 0.374. The summed E-state index contributed by atoms with van der Waals surface area (Å²) in [6.45, 7) is 20.6. The predicted octanol–water partition coefficient (Wildman–Crippen LogP) is 2.13. The van der Waals surface area contributed by atoms with Gasteiger partial charge in [-0.1, -0.05) is 0 Å². The highest BCUT2D eigenvalue weighted by atomic mass is 15.3. The van der Waals surface area contributed by atoms with Crippen molar-refractivity contribution in [2.75, 3.05) is 45.8 Å². The van der Waals surface area contributed by atoms with Crippen LogP contribution in [0.3, 0.4) is 0 Å². The first-order chi connectivity index (χ1) is 8.86. The SMILES string of the molecule is CC(C)N1CCN(CCC2CN(C(C)(C)C)C2)CC1. The molecule has 0 aromatic rings. The monoisotopic (exact) mass is 267 g/mol. The summed E-state index contributed by atoms with van der Waals surface area (Å²) in [7, 11) is 0. The van der Waals surface area contributed by atoms with Crippen LogP contribution in [0.2, 0.25) is 0 Å². The lowest BCUT2D eigenvalue weighted by Crippen LogP contribution is -2.56. The Morgan fingerprint density at radius 2 is 1.58 bits per heavy atom. The molecular formula is C16H33N3. The smallest absolute Gasteiger partial charge is 0.0125 e. The molecule has 2 fully saturated rings. The van der Waals surface area contributed by atoms with Gasteiger partial charge in [0.05, 0.1) is 0 Å². The van der Waals surface area contributed by atoms with Crippen molar-refractivity contribution in [3.05, 3.63) is 0 Å². The van der Waals surface area contributed by atoms with E-state index in [0.29, 0.717) is 11.6 Å². The summed E-state index contributed by atoms with van der Waals surface area (Å²) >= 11 is 0. The molecule has 0 spiro atoms. The normalized spacial score (nSPS) is 24.9. The molecule has 0 aromatic heterocycles. The van der Waals surface area contributed by atoms with Gasteiger partial charge in [0.2, 0.25) is 0 Å². The molecule has 2 saturated heterocycles. The van der Waals surface area contributed by atoms with Gasteiger partial charge >= 0.3 is 0 Å². The van der Waals surface area contributed by atoms with Crippen LogP contribution < -0.4 is 0 Å². The lowest BCUT2D eigenvalue weighted by atomic mass is 9.90. The Morgan fingerprint density at radius 3 is 2.05 bits per heavy atom. The molecule has 3 nitrogen and oxygen atoms in total. The van der Waals surface area contributed by atoms with Crippen LogP contribution >= 0.6 is 0 Å². The Kier molecular flexibility index (Phi) is 4.91. The molecule has 0 aromatic carbocycles. The van der Waals surface area contributed by atoms with Crippen molar-refractivity contribution in [2.24, 2.45) is 5.92 Å². The van der Waals surface area contributed by atoms with Gasteiger partial charge in [0.15, 0.2) is 0 Å². The van der Waals surface area contributed by atoms with Crippen LogP contribution in [-0.2, 0) is 0 Å². The quantitative estimate of drug-likeness (QED) is 0.772. The zero-order valence-corrected chi connectivity index (χ0v) is 13.7. The zero-order chi connectivity index (χ0) is 14.0. The second-order valence-corrected chi connectivity index (χ2v) is 7.70. The number of rotatable bonds is 4. The first-order valence-electron chi connectivity index (χ1n) is 8.07. The molecule has 3 heteroatoms. The fourth-order valence-corrected chi connectivity index (χ4v) is 3.17. The van der Waals surface area contributed by atoms with Crippen LogP contribution in [0.4, 0.5) is 0 Å². The van der Waals surface area contributed by atoms with Crippen molar-refractivity contribution in [3.63, 3.8) is 0 Å². The fraction of sp³-hybridized carbons (Fsp3) is 1.00. The van der Waals surface area contributed by atoms with Gasteiger partial charge in [-0.2, -0.15) is 0 Å². The Morgan fingerprint density at radius 1 is 1.00 bits per heavy atom. The van der Waals surface area contributed by atoms with Crippen LogP contribution in [0.25, 0.3) is 0 Å². The molecule has 2 heterocycles. The van der Waals surface area contributed by atoms with Crippen molar-refractivity contribution in [3.8, 4) is 0 Å². The lowest BCUT2D eigenvalue weighted by molar-refractivity contribution is 0.00361. The van der Waals surface area contributed by atoms with Gasteiger partial charge in [-0.3, -0.25) is 9.80 Å². The maximum atomic E-state index is 2.67. The van der Waals surface area contributed by atoms with E-state index < -0.39 is 0 Å². The molecule has 19 heavy (non-hydrogen) atoms. The van der Waals surface area contributed by atoms with Crippen molar-refractivity contribution in [1.29, 1.82) is 0 Å². The van der Waals surface area contributed by atoms with Crippen LogP contribution in [0, 0.1) is 5.92 Å². The van der Waals surface area contributed by atoms with Crippen LogP contribution in [0.1, 0.15) is 41.0 Å². The summed E-state index contributed by atoms with van der Waals surface area (Å²) in [6, 6.07) is 0.717. The third-order valence-corrected chi connectivity index (χ3v) is 4.90. The lowest BCUT2D eigenvalue weighted by Gasteiger charge is -2.48.